The Morgan fingerprint density at radius 1 is 1.06 bits per heavy atom. The van der Waals surface area contributed by atoms with E-state index in [4.69, 9.17) is 4.42 Å². The summed E-state index contributed by atoms with van der Waals surface area (Å²) in [6, 6.07) is 12.3. The molecule has 7 nitrogen and oxygen atoms in total. The summed E-state index contributed by atoms with van der Waals surface area (Å²) >= 11 is 0. The Labute approximate surface area is 182 Å². The standard InChI is InChI=1S/C23H27N3O4S/c1-16-18-9-5-6-10-21(18)30-22(16)23(27)24-19-15-17(11-12-20(19)25(2)3)31(28,29)26-13-7-4-8-14-26/h5-6,9-12,15H,4,7-8,13-14H2,1-3H3,(H,24,27). The van der Waals surface area contributed by atoms with Crippen molar-refractivity contribution in [2.75, 3.05) is 37.4 Å². The van der Waals surface area contributed by atoms with Crippen LogP contribution in [-0.4, -0.2) is 45.8 Å². The fourth-order valence-corrected chi connectivity index (χ4v) is 5.53. The first-order chi connectivity index (χ1) is 14.8. The molecule has 0 unspecified atom stereocenters. The van der Waals surface area contributed by atoms with Crippen LogP contribution in [0.3, 0.4) is 0 Å². The lowest BCUT2D eigenvalue weighted by Crippen LogP contribution is -2.35. The molecule has 0 bridgehead atoms. The predicted octanol–water partition coefficient (Wildman–Crippen LogP) is 4.23. The second-order valence-electron chi connectivity index (χ2n) is 8.04. The van der Waals surface area contributed by atoms with Gasteiger partial charge in [0.1, 0.15) is 5.58 Å². The van der Waals surface area contributed by atoms with Gasteiger partial charge in [0.05, 0.1) is 16.3 Å². The van der Waals surface area contributed by atoms with Gasteiger partial charge in [-0.3, -0.25) is 4.79 Å². The molecule has 0 atom stereocenters. The van der Waals surface area contributed by atoms with Crippen LogP contribution in [0.4, 0.5) is 11.4 Å². The van der Waals surface area contributed by atoms with Crippen LogP contribution in [0.5, 0.6) is 0 Å². The summed E-state index contributed by atoms with van der Waals surface area (Å²) in [5, 5.41) is 3.74. The van der Waals surface area contributed by atoms with Crippen LogP contribution >= 0.6 is 0 Å². The van der Waals surface area contributed by atoms with Crippen LogP contribution in [0.15, 0.2) is 51.8 Å². The zero-order valence-electron chi connectivity index (χ0n) is 18.0. The topological polar surface area (TPSA) is 82.9 Å². The van der Waals surface area contributed by atoms with Crippen LogP contribution in [0.2, 0.25) is 0 Å². The van der Waals surface area contributed by atoms with Crippen LogP contribution in [0.1, 0.15) is 35.4 Å². The van der Waals surface area contributed by atoms with Gasteiger partial charge in [-0.05, 0) is 44.0 Å². The number of para-hydroxylation sites is 1. The Hall–Kier alpha value is -2.84. The number of nitrogens with zero attached hydrogens (tertiary/aromatic N) is 2. The maximum atomic E-state index is 13.1. The molecule has 0 spiro atoms. The maximum Gasteiger partial charge on any atom is 0.291 e. The molecule has 1 amide bonds. The zero-order valence-corrected chi connectivity index (χ0v) is 18.8. The van der Waals surface area contributed by atoms with Crippen molar-refractivity contribution in [2.45, 2.75) is 31.1 Å². The highest BCUT2D eigenvalue weighted by Crippen LogP contribution is 2.32. The average Bonchev–Trinajstić information content (AvgIpc) is 3.11. The molecule has 1 aliphatic heterocycles. The van der Waals surface area contributed by atoms with Crippen molar-refractivity contribution < 1.29 is 17.6 Å². The van der Waals surface area contributed by atoms with E-state index in [0.717, 1.165) is 30.2 Å². The van der Waals surface area contributed by atoms with Crippen molar-refractivity contribution >= 4 is 38.3 Å². The summed E-state index contributed by atoms with van der Waals surface area (Å²) in [6.07, 6.45) is 2.78. The van der Waals surface area contributed by atoms with Crippen LogP contribution in [-0.2, 0) is 10.0 Å². The van der Waals surface area contributed by atoms with Crippen molar-refractivity contribution in [1.82, 2.24) is 4.31 Å². The van der Waals surface area contributed by atoms with Gasteiger partial charge in [-0.1, -0.05) is 24.6 Å². The maximum absolute atomic E-state index is 13.1. The minimum atomic E-state index is -3.62. The van der Waals surface area contributed by atoms with Crippen molar-refractivity contribution in [3.63, 3.8) is 0 Å². The molecule has 1 N–H and O–H groups in total. The van der Waals surface area contributed by atoms with Crippen molar-refractivity contribution in [3.05, 3.63) is 53.8 Å². The number of benzene rings is 2. The molecule has 2 aromatic carbocycles. The molecule has 31 heavy (non-hydrogen) atoms. The molecule has 0 aliphatic carbocycles. The lowest BCUT2D eigenvalue weighted by molar-refractivity contribution is 0.0998. The molecule has 2 heterocycles. The Balaban J connectivity index is 1.70. The number of piperidine rings is 1. The first-order valence-corrected chi connectivity index (χ1v) is 11.8. The molecular weight excluding hydrogens is 414 g/mol. The monoisotopic (exact) mass is 441 g/mol. The van der Waals surface area contributed by atoms with Gasteiger partial charge < -0.3 is 14.6 Å². The molecule has 4 rings (SSSR count). The highest BCUT2D eigenvalue weighted by Gasteiger charge is 2.27. The minimum Gasteiger partial charge on any atom is -0.451 e. The number of carbonyl (C=O) groups excluding carboxylic acids is 1. The lowest BCUT2D eigenvalue weighted by Gasteiger charge is -2.26. The second kappa shape index (κ2) is 8.36. The van der Waals surface area contributed by atoms with Crippen molar-refractivity contribution in [1.29, 1.82) is 0 Å². The predicted molar refractivity (Wildman–Crippen MR) is 122 cm³/mol. The molecule has 1 aliphatic rings. The van der Waals surface area contributed by atoms with Crippen molar-refractivity contribution in [2.24, 2.45) is 0 Å². The van der Waals surface area contributed by atoms with E-state index in [2.05, 4.69) is 5.32 Å². The van der Waals surface area contributed by atoms with E-state index in [0.29, 0.717) is 30.0 Å². The third-order valence-corrected chi connectivity index (χ3v) is 7.60. The number of sulfonamides is 1. The van der Waals surface area contributed by atoms with Crippen LogP contribution < -0.4 is 10.2 Å². The smallest absolute Gasteiger partial charge is 0.291 e. The normalized spacial score (nSPS) is 15.2. The second-order valence-corrected chi connectivity index (χ2v) is 9.98. The summed E-state index contributed by atoms with van der Waals surface area (Å²) in [5.41, 5.74) is 2.52. The molecular formula is C23H27N3O4S. The van der Waals surface area contributed by atoms with Gasteiger partial charge >= 0.3 is 0 Å². The Morgan fingerprint density at radius 3 is 2.45 bits per heavy atom. The Bertz CT molecular complexity index is 1220. The van der Waals surface area contributed by atoms with E-state index < -0.39 is 15.9 Å². The number of nitrogens with one attached hydrogen (secondary N) is 1. The van der Waals surface area contributed by atoms with Gasteiger partial charge in [0.15, 0.2) is 5.76 Å². The van der Waals surface area contributed by atoms with E-state index in [1.807, 2.05) is 50.2 Å². The van der Waals surface area contributed by atoms with E-state index in [1.54, 1.807) is 12.1 Å². The van der Waals surface area contributed by atoms with E-state index in [9.17, 15) is 13.2 Å². The van der Waals surface area contributed by atoms with Gasteiger partial charge in [0, 0.05) is 38.1 Å². The highest BCUT2D eigenvalue weighted by molar-refractivity contribution is 7.89. The van der Waals surface area contributed by atoms with Gasteiger partial charge in [-0.2, -0.15) is 4.31 Å². The molecule has 1 fully saturated rings. The molecule has 0 radical (unpaired) electrons. The summed E-state index contributed by atoms with van der Waals surface area (Å²) in [5.74, 6) is -0.195. The molecule has 3 aromatic rings. The first-order valence-electron chi connectivity index (χ1n) is 10.4. The highest BCUT2D eigenvalue weighted by atomic mass is 32.2. The number of fused-ring (bicyclic) bond motifs is 1. The minimum absolute atomic E-state index is 0.177. The van der Waals surface area contributed by atoms with E-state index in [-0.39, 0.29) is 10.7 Å². The largest absolute Gasteiger partial charge is 0.451 e. The van der Waals surface area contributed by atoms with Gasteiger partial charge in [0.2, 0.25) is 10.0 Å². The quantitative estimate of drug-likeness (QED) is 0.641. The third-order valence-electron chi connectivity index (χ3n) is 5.70. The fraction of sp³-hybridized carbons (Fsp3) is 0.348. The number of amides is 1. The van der Waals surface area contributed by atoms with E-state index >= 15 is 0 Å². The number of hydrogen-bond acceptors (Lipinski definition) is 5. The number of aryl methyl sites for hydroxylation is 1. The number of anilines is 2. The lowest BCUT2D eigenvalue weighted by atomic mass is 10.1. The summed E-state index contributed by atoms with van der Waals surface area (Å²) in [6.45, 7) is 2.89. The SMILES string of the molecule is Cc1c(C(=O)Nc2cc(S(=O)(=O)N3CCCCC3)ccc2N(C)C)oc2ccccc12. The number of furan rings is 1. The summed E-state index contributed by atoms with van der Waals surface area (Å²) in [4.78, 5) is 15.1. The van der Waals surface area contributed by atoms with Gasteiger partial charge in [-0.25, -0.2) is 8.42 Å². The molecule has 164 valence electrons. The summed E-state index contributed by atoms with van der Waals surface area (Å²) < 4.78 is 33.6. The molecule has 8 heteroatoms. The summed E-state index contributed by atoms with van der Waals surface area (Å²) in [7, 11) is 0.0710. The Kier molecular flexibility index (Phi) is 5.77. The fourth-order valence-electron chi connectivity index (χ4n) is 3.99. The third kappa shape index (κ3) is 4.05. The number of carbonyl (C=O) groups is 1. The molecule has 1 saturated heterocycles. The van der Waals surface area contributed by atoms with Crippen molar-refractivity contribution in [3.8, 4) is 0 Å². The molecule has 1 aromatic heterocycles. The van der Waals surface area contributed by atoms with Crippen LogP contribution in [0, 0.1) is 6.92 Å². The molecule has 0 saturated carbocycles. The first kappa shape index (κ1) is 21.4. The number of rotatable bonds is 5. The van der Waals surface area contributed by atoms with Crippen LogP contribution in [0.25, 0.3) is 11.0 Å². The zero-order chi connectivity index (χ0) is 22.2. The van der Waals surface area contributed by atoms with E-state index in [1.165, 1.54) is 10.4 Å². The Morgan fingerprint density at radius 2 is 1.77 bits per heavy atom. The number of hydrogen-bond donors (Lipinski definition) is 1. The average molecular weight is 442 g/mol. The van der Waals surface area contributed by atoms with Gasteiger partial charge in [-0.15, -0.1) is 0 Å². The van der Waals surface area contributed by atoms with Gasteiger partial charge in [0.25, 0.3) is 5.91 Å².